The van der Waals surface area contributed by atoms with E-state index in [1.165, 1.54) is 5.56 Å². The molecule has 3 rings (SSSR count). The Morgan fingerprint density at radius 1 is 0.828 bits per heavy atom. The Balaban J connectivity index is 1.50. The van der Waals surface area contributed by atoms with E-state index in [1.807, 2.05) is 78.9 Å². The van der Waals surface area contributed by atoms with Crippen LogP contribution in [0.2, 0.25) is 0 Å². The molecule has 4 heteroatoms. The van der Waals surface area contributed by atoms with Gasteiger partial charge in [-0.2, -0.15) is 0 Å². The summed E-state index contributed by atoms with van der Waals surface area (Å²) in [7, 11) is 0. The normalized spacial score (nSPS) is 11.7. The minimum Gasteiger partial charge on any atom is -0.489 e. The lowest BCUT2D eigenvalue weighted by atomic mass is 10.0. The van der Waals surface area contributed by atoms with Crippen LogP contribution in [0, 0.1) is 0 Å². The molecule has 1 N–H and O–H groups in total. The van der Waals surface area contributed by atoms with Crippen LogP contribution in [-0.4, -0.2) is 12.0 Å². The van der Waals surface area contributed by atoms with E-state index in [0.717, 1.165) is 11.3 Å². The molecule has 1 atom stereocenters. The van der Waals surface area contributed by atoms with E-state index in [-0.39, 0.29) is 5.91 Å². The molecular weight excluding hydrogens is 362 g/mol. The van der Waals surface area contributed by atoms with Crippen molar-refractivity contribution in [2.45, 2.75) is 39.4 Å². The lowest BCUT2D eigenvalue weighted by Gasteiger charge is -2.16. The van der Waals surface area contributed by atoms with Gasteiger partial charge in [0.1, 0.15) is 18.1 Å². The number of benzene rings is 3. The number of amides is 1. The van der Waals surface area contributed by atoms with E-state index in [1.54, 1.807) is 6.92 Å². The SMILES string of the molecule is CC(Oc1ccc(C(C)C)cc1)C(=O)Nc1ccc(OCc2ccccc2)cc1. The Morgan fingerprint density at radius 3 is 2.07 bits per heavy atom. The average Bonchev–Trinajstić information content (AvgIpc) is 2.74. The monoisotopic (exact) mass is 389 g/mol. The third-order valence-corrected chi connectivity index (χ3v) is 4.60. The van der Waals surface area contributed by atoms with Crippen LogP contribution in [0.5, 0.6) is 11.5 Å². The zero-order valence-corrected chi connectivity index (χ0v) is 17.1. The lowest BCUT2D eigenvalue weighted by molar-refractivity contribution is -0.122. The number of rotatable bonds is 8. The summed E-state index contributed by atoms with van der Waals surface area (Å²) in [5.74, 6) is 1.70. The van der Waals surface area contributed by atoms with E-state index < -0.39 is 6.10 Å². The zero-order valence-electron chi connectivity index (χ0n) is 17.1. The lowest BCUT2D eigenvalue weighted by Crippen LogP contribution is -2.30. The number of carbonyl (C=O) groups is 1. The Bertz CT molecular complexity index is 903. The molecular formula is C25H27NO3. The van der Waals surface area contributed by atoms with Crippen molar-refractivity contribution in [2.75, 3.05) is 5.32 Å². The minimum atomic E-state index is -0.603. The number of carbonyl (C=O) groups excluding carboxylic acids is 1. The first-order valence-corrected chi connectivity index (χ1v) is 9.85. The largest absolute Gasteiger partial charge is 0.489 e. The van der Waals surface area contributed by atoms with Gasteiger partial charge < -0.3 is 14.8 Å². The Hall–Kier alpha value is -3.27. The molecule has 0 bridgehead atoms. The van der Waals surface area contributed by atoms with E-state index >= 15 is 0 Å². The molecule has 0 fully saturated rings. The highest BCUT2D eigenvalue weighted by Gasteiger charge is 2.15. The van der Waals surface area contributed by atoms with Crippen molar-refractivity contribution >= 4 is 11.6 Å². The second-order valence-corrected chi connectivity index (χ2v) is 7.27. The fourth-order valence-electron chi connectivity index (χ4n) is 2.81. The molecule has 0 heterocycles. The third-order valence-electron chi connectivity index (χ3n) is 4.60. The van der Waals surface area contributed by atoms with Gasteiger partial charge in [-0.25, -0.2) is 0 Å². The first-order valence-electron chi connectivity index (χ1n) is 9.85. The zero-order chi connectivity index (χ0) is 20.6. The highest BCUT2D eigenvalue weighted by molar-refractivity contribution is 5.94. The van der Waals surface area contributed by atoms with Gasteiger partial charge >= 0.3 is 0 Å². The van der Waals surface area contributed by atoms with E-state index in [0.29, 0.717) is 24.0 Å². The molecule has 0 spiro atoms. The topological polar surface area (TPSA) is 47.6 Å². The number of hydrogen-bond donors (Lipinski definition) is 1. The summed E-state index contributed by atoms with van der Waals surface area (Å²) in [6.07, 6.45) is -0.603. The molecule has 3 aromatic carbocycles. The molecule has 0 radical (unpaired) electrons. The van der Waals surface area contributed by atoms with Gasteiger partial charge in [0.05, 0.1) is 0 Å². The van der Waals surface area contributed by atoms with Crippen LogP contribution in [0.15, 0.2) is 78.9 Å². The van der Waals surface area contributed by atoms with Gasteiger partial charge in [0, 0.05) is 5.69 Å². The Morgan fingerprint density at radius 2 is 1.45 bits per heavy atom. The van der Waals surface area contributed by atoms with E-state index in [4.69, 9.17) is 9.47 Å². The Labute approximate surface area is 172 Å². The smallest absolute Gasteiger partial charge is 0.265 e. The van der Waals surface area contributed by atoms with Gasteiger partial charge in [-0.1, -0.05) is 56.3 Å². The maximum Gasteiger partial charge on any atom is 0.265 e. The van der Waals surface area contributed by atoms with Crippen LogP contribution < -0.4 is 14.8 Å². The van der Waals surface area contributed by atoms with E-state index in [2.05, 4.69) is 19.2 Å². The van der Waals surface area contributed by atoms with Gasteiger partial charge in [-0.05, 0) is 60.4 Å². The molecule has 0 aliphatic rings. The quantitative estimate of drug-likeness (QED) is 0.530. The van der Waals surface area contributed by atoms with Crippen molar-refractivity contribution in [3.63, 3.8) is 0 Å². The second kappa shape index (κ2) is 9.78. The van der Waals surface area contributed by atoms with Crippen molar-refractivity contribution in [3.05, 3.63) is 90.0 Å². The van der Waals surface area contributed by atoms with Crippen molar-refractivity contribution in [3.8, 4) is 11.5 Å². The van der Waals surface area contributed by atoms with Crippen molar-refractivity contribution < 1.29 is 14.3 Å². The minimum absolute atomic E-state index is 0.198. The average molecular weight is 389 g/mol. The van der Waals surface area contributed by atoms with Crippen LogP contribution in [0.1, 0.15) is 37.8 Å². The molecule has 3 aromatic rings. The first-order chi connectivity index (χ1) is 14.0. The van der Waals surface area contributed by atoms with Crippen molar-refractivity contribution in [2.24, 2.45) is 0 Å². The Kier molecular flexibility index (Phi) is 6.90. The van der Waals surface area contributed by atoms with Gasteiger partial charge in [-0.3, -0.25) is 4.79 Å². The number of hydrogen-bond acceptors (Lipinski definition) is 3. The number of anilines is 1. The summed E-state index contributed by atoms with van der Waals surface area (Å²) in [6.45, 7) is 6.53. The number of nitrogens with one attached hydrogen (secondary N) is 1. The van der Waals surface area contributed by atoms with Crippen LogP contribution in [0.25, 0.3) is 0 Å². The molecule has 0 saturated heterocycles. The summed E-state index contributed by atoms with van der Waals surface area (Å²) >= 11 is 0. The molecule has 0 saturated carbocycles. The van der Waals surface area contributed by atoms with Crippen molar-refractivity contribution in [1.29, 1.82) is 0 Å². The maximum absolute atomic E-state index is 12.4. The second-order valence-electron chi connectivity index (χ2n) is 7.27. The van der Waals surface area contributed by atoms with Crippen LogP contribution in [-0.2, 0) is 11.4 Å². The van der Waals surface area contributed by atoms with E-state index in [9.17, 15) is 4.79 Å². The summed E-state index contributed by atoms with van der Waals surface area (Å²) < 4.78 is 11.5. The predicted molar refractivity (Wildman–Crippen MR) is 116 cm³/mol. The highest BCUT2D eigenvalue weighted by Crippen LogP contribution is 2.20. The molecule has 150 valence electrons. The third kappa shape index (κ3) is 6.11. The molecule has 1 amide bonds. The van der Waals surface area contributed by atoms with Crippen LogP contribution >= 0.6 is 0 Å². The number of ether oxygens (including phenoxy) is 2. The fourth-order valence-corrected chi connectivity index (χ4v) is 2.81. The fraction of sp³-hybridized carbons (Fsp3) is 0.240. The maximum atomic E-state index is 12.4. The summed E-state index contributed by atoms with van der Waals surface area (Å²) in [5.41, 5.74) is 3.05. The van der Waals surface area contributed by atoms with Crippen molar-refractivity contribution in [1.82, 2.24) is 0 Å². The molecule has 0 aliphatic heterocycles. The van der Waals surface area contributed by atoms with Crippen LogP contribution in [0.4, 0.5) is 5.69 Å². The van der Waals surface area contributed by atoms with Gasteiger partial charge in [0.2, 0.25) is 0 Å². The first kappa shape index (κ1) is 20.5. The summed E-state index contributed by atoms with van der Waals surface area (Å²) in [6, 6.07) is 25.2. The standard InChI is InChI=1S/C25H27NO3/c1-18(2)21-9-13-24(14-10-21)29-19(3)25(27)26-22-11-15-23(16-12-22)28-17-20-7-5-4-6-8-20/h4-16,18-19H,17H2,1-3H3,(H,26,27). The summed E-state index contributed by atoms with van der Waals surface area (Å²) in [4.78, 5) is 12.4. The molecule has 1 unspecified atom stereocenters. The van der Waals surface area contributed by atoms with Gasteiger partial charge in [0.15, 0.2) is 6.10 Å². The predicted octanol–water partition coefficient (Wildman–Crippen LogP) is 5.80. The molecule has 4 nitrogen and oxygen atoms in total. The molecule has 29 heavy (non-hydrogen) atoms. The van der Waals surface area contributed by atoms with Gasteiger partial charge in [-0.15, -0.1) is 0 Å². The van der Waals surface area contributed by atoms with Gasteiger partial charge in [0.25, 0.3) is 5.91 Å². The highest BCUT2D eigenvalue weighted by atomic mass is 16.5. The summed E-state index contributed by atoms with van der Waals surface area (Å²) in [5, 5.41) is 2.87. The molecule has 0 aromatic heterocycles. The molecule has 0 aliphatic carbocycles. The van der Waals surface area contributed by atoms with Crippen LogP contribution in [0.3, 0.4) is 0 Å².